The van der Waals surface area contributed by atoms with Crippen molar-refractivity contribution < 1.29 is 9.18 Å². The molecule has 1 saturated heterocycles. The average Bonchev–Trinajstić information content (AvgIpc) is 2.47. The summed E-state index contributed by atoms with van der Waals surface area (Å²) in [6.45, 7) is 1.84. The second-order valence-corrected chi connectivity index (χ2v) is 4.69. The predicted octanol–water partition coefficient (Wildman–Crippen LogP) is 1.27. The van der Waals surface area contributed by atoms with Crippen LogP contribution in [0.3, 0.4) is 0 Å². The van der Waals surface area contributed by atoms with Crippen LogP contribution in [-0.2, 0) is 0 Å². The number of halogens is 1. The van der Waals surface area contributed by atoms with Gasteiger partial charge in [0, 0.05) is 18.7 Å². The van der Waals surface area contributed by atoms with Crippen molar-refractivity contribution in [3.05, 3.63) is 35.1 Å². The van der Waals surface area contributed by atoms with E-state index in [1.165, 1.54) is 24.6 Å². The number of piperidine rings is 1. The Morgan fingerprint density at radius 2 is 2.10 bits per heavy atom. The molecule has 0 aromatic heterocycles. The van der Waals surface area contributed by atoms with Crippen molar-refractivity contribution in [2.24, 2.45) is 5.73 Å². The van der Waals surface area contributed by atoms with Crippen LogP contribution in [0.4, 0.5) is 4.39 Å². The SMILES string of the molecule is NCC#Cc1ccc(F)c(C(=O)NN2CCCCC2)c1. The first-order valence-electron chi connectivity index (χ1n) is 6.75. The number of benzene rings is 1. The molecule has 0 aliphatic carbocycles. The minimum Gasteiger partial charge on any atom is -0.320 e. The van der Waals surface area contributed by atoms with E-state index in [1.54, 1.807) is 0 Å². The lowest BCUT2D eigenvalue weighted by Gasteiger charge is -2.26. The molecule has 2 rings (SSSR count). The van der Waals surface area contributed by atoms with Crippen LogP contribution in [0.2, 0.25) is 0 Å². The molecule has 20 heavy (non-hydrogen) atoms. The highest BCUT2D eigenvalue weighted by molar-refractivity contribution is 5.94. The summed E-state index contributed by atoms with van der Waals surface area (Å²) in [7, 11) is 0. The van der Waals surface area contributed by atoms with Gasteiger partial charge in [0.05, 0.1) is 12.1 Å². The van der Waals surface area contributed by atoms with E-state index in [0.717, 1.165) is 25.9 Å². The third-order valence-electron chi connectivity index (χ3n) is 3.16. The fourth-order valence-corrected chi connectivity index (χ4v) is 2.14. The fourth-order valence-electron chi connectivity index (χ4n) is 2.14. The van der Waals surface area contributed by atoms with Crippen LogP contribution in [0.1, 0.15) is 35.2 Å². The number of nitrogens with zero attached hydrogens (tertiary/aromatic N) is 1. The van der Waals surface area contributed by atoms with Gasteiger partial charge in [-0.1, -0.05) is 18.3 Å². The van der Waals surface area contributed by atoms with Gasteiger partial charge >= 0.3 is 0 Å². The number of hydrogen-bond donors (Lipinski definition) is 2. The zero-order valence-corrected chi connectivity index (χ0v) is 11.3. The van der Waals surface area contributed by atoms with Crippen LogP contribution < -0.4 is 11.2 Å². The molecule has 1 amide bonds. The summed E-state index contributed by atoms with van der Waals surface area (Å²) in [5.41, 5.74) is 8.63. The van der Waals surface area contributed by atoms with Crippen molar-refractivity contribution in [2.45, 2.75) is 19.3 Å². The van der Waals surface area contributed by atoms with Gasteiger partial charge in [-0.15, -0.1) is 0 Å². The van der Waals surface area contributed by atoms with E-state index in [0.29, 0.717) is 5.56 Å². The van der Waals surface area contributed by atoms with E-state index in [4.69, 9.17) is 5.73 Å². The van der Waals surface area contributed by atoms with Crippen molar-refractivity contribution in [1.29, 1.82) is 0 Å². The summed E-state index contributed by atoms with van der Waals surface area (Å²) in [6, 6.07) is 4.25. The summed E-state index contributed by atoms with van der Waals surface area (Å²) in [4.78, 5) is 12.1. The van der Waals surface area contributed by atoms with Gasteiger partial charge < -0.3 is 5.73 Å². The zero-order valence-electron chi connectivity index (χ0n) is 11.3. The Morgan fingerprint density at radius 1 is 1.35 bits per heavy atom. The molecule has 1 aliphatic heterocycles. The Bertz CT molecular complexity index is 542. The molecule has 4 nitrogen and oxygen atoms in total. The van der Waals surface area contributed by atoms with E-state index >= 15 is 0 Å². The van der Waals surface area contributed by atoms with E-state index in [1.807, 2.05) is 5.01 Å². The Labute approximate surface area is 118 Å². The molecule has 1 aromatic rings. The van der Waals surface area contributed by atoms with Gasteiger partial charge in [0.15, 0.2) is 0 Å². The van der Waals surface area contributed by atoms with E-state index < -0.39 is 11.7 Å². The Balaban J connectivity index is 2.11. The number of carbonyl (C=O) groups is 1. The minimum atomic E-state index is -0.544. The molecule has 0 bridgehead atoms. The van der Waals surface area contributed by atoms with Crippen molar-refractivity contribution in [3.63, 3.8) is 0 Å². The van der Waals surface area contributed by atoms with Crippen molar-refractivity contribution >= 4 is 5.91 Å². The lowest BCUT2D eigenvalue weighted by atomic mass is 10.1. The molecule has 3 N–H and O–H groups in total. The van der Waals surface area contributed by atoms with Crippen molar-refractivity contribution in [2.75, 3.05) is 19.6 Å². The lowest BCUT2D eigenvalue weighted by molar-refractivity contribution is 0.0746. The van der Waals surface area contributed by atoms with Gasteiger partial charge in [-0.3, -0.25) is 10.2 Å². The maximum Gasteiger partial charge on any atom is 0.268 e. The zero-order chi connectivity index (χ0) is 14.4. The first kappa shape index (κ1) is 14.5. The average molecular weight is 275 g/mol. The number of carbonyl (C=O) groups excluding carboxylic acids is 1. The predicted molar refractivity (Wildman–Crippen MR) is 75.2 cm³/mol. The molecule has 1 fully saturated rings. The molecular formula is C15H18FN3O. The minimum absolute atomic E-state index is 0.0133. The molecule has 5 heteroatoms. The second kappa shape index (κ2) is 7.04. The summed E-state index contributed by atoms with van der Waals surface area (Å²) >= 11 is 0. The number of rotatable bonds is 2. The number of amides is 1. The molecule has 0 atom stereocenters. The normalized spacial score (nSPS) is 15.3. The first-order chi connectivity index (χ1) is 9.70. The summed E-state index contributed by atoms with van der Waals surface area (Å²) in [5.74, 6) is 4.51. The number of hydrogen-bond acceptors (Lipinski definition) is 3. The quantitative estimate of drug-likeness (QED) is 0.799. The van der Waals surface area contributed by atoms with Gasteiger partial charge in [0.2, 0.25) is 0 Å². The number of hydrazine groups is 1. The third-order valence-corrected chi connectivity index (χ3v) is 3.16. The van der Waals surface area contributed by atoms with Crippen LogP contribution in [0.15, 0.2) is 18.2 Å². The highest BCUT2D eigenvalue weighted by atomic mass is 19.1. The van der Waals surface area contributed by atoms with Gasteiger partial charge in [-0.25, -0.2) is 9.40 Å². The van der Waals surface area contributed by atoms with Gasteiger partial charge in [-0.05, 0) is 31.0 Å². The highest BCUT2D eigenvalue weighted by Crippen LogP contribution is 2.12. The number of nitrogens with two attached hydrogens (primary N) is 1. The summed E-state index contributed by atoms with van der Waals surface area (Å²) in [6.07, 6.45) is 3.26. The molecule has 1 aliphatic rings. The third kappa shape index (κ3) is 3.80. The van der Waals surface area contributed by atoms with Gasteiger partial charge in [0.25, 0.3) is 5.91 Å². The summed E-state index contributed by atoms with van der Waals surface area (Å²) in [5, 5.41) is 1.84. The number of nitrogens with one attached hydrogen (secondary N) is 1. The van der Waals surface area contributed by atoms with E-state index in [-0.39, 0.29) is 12.1 Å². The first-order valence-corrected chi connectivity index (χ1v) is 6.75. The molecule has 0 spiro atoms. The molecule has 1 heterocycles. The van der Waals surface area contributed by atoms with Crippen LogP contribution in [0.25, 0.3) is 0 Å². The van der Waals surface area contributed by atoms with Crippen LogP contribution in [0, 0.1) is 17.7 Å². The van der Waals surface area contributed by atoms with Crippen molar-refractivity contribution in [3.8, 4) is 11.8 Å². The standard InChI is InChI=1S/C15H18FN3O/c16-14-7-6-12(5-4-8-17)11-13(14)15(20)18-19-9-2-1-3-10-19/h6-7,11H,1-3,8-10,17H2,(H,18,20). The Kier molecular flexibility index (Phi) is 5.10. The fraction of sp³-hybridized carbons (Fsp3) is 0.400. The second-order valence-electron chi connectivity index (χ2n) is 4.69. The Morgan fingerprint density at radius 3 is 2.80 bits per heavy atom. The molecular weight excluding hydrogens is 257 g/mol. The molecule has 0 unspecified atom stereocenters. The molecule has 1 aromatic carbocycles. The van der Waals surface area contributed by atoms with Crippen LogP contribution >= 0.6 is 0 Å². The summed E-state index contributed by atoms with van der Waals surface area (Å²) < 4.78 is 13.7. The van der Waals surface area contributed by atoms with Crippen LogP contribution in [0.5, 0.6) is 0 Å². The smallest absolute Gasteiger partial charge is 0.268 e. The lowest BCUT2D eigenvalue weighted by Crippen LogP contribution is -2.45. The monoisotopic (exact) mass is 275 g/mol. The van der Waals surface area contributed by atoms with E-state index in [2.05, 4.69) is 17.3 Å². The highest BCUT2D eigenvalue weighted by Gasteiger charge is 2.17. The molecule has 106 valence electrons. The molecule has 0 saturated carbocycles. The van der Waals surface area contributed by atoms with Crippen LogP contribution in [-0.4, -0.2) is 30.6 Å². The maximum atomic E-state index is 13.7. The topological polar surface area (TPSA) is 58.4 Å². The van der Waals surface area contributed by atoms with Gasteiger partial charge in [0.1, 0.15) is 5.82 Å². The van der Waals surface area contributed by atoms with E-state index in [9.17, 15) is 9.18 Å². The largest absolute Gasteiger partial charge is 0.320 e. The molecule has 0 radical (unpaired) electrons. The van der Waals surface area contributed by atoms with Gasteiger partial charge in [-0.2, -0.15) is 0 Å². The maximum absolute atomic E-state index is 13.7. The van der Waals surface area contributed by atoms with Crippen molar-refractivity contribution in [1.82, 2.24) is 10.4 Å². The Hall–Kier alpha value is -1.90.